The van der Waals surface area contributed by atoms with Crippen molar-refractivity contribution in [3.05, 3.63) is 0 Å². The van der Waals surface area contributed by atoms with Gasteiger partial charge < -0.3 is 90.5 Å². The minimum Gasteiger partial charge on any atom is -1.00 e. The summed E-state index contributed by atoms with van der Waals surface area (Å²) in [6.07, 6.45) is 0. The van der Waals surface area contributed by atoms with E-state index in [1.54, 1.807) is 0 Å². The van der Waals surface area contributed by atoms with Gasteiger partial charge in [-0.25, -0.2) is 0 Å². The standard InChI is InChI=1S/2ClH.Mg.12H2O/h2*1H;;12*1H2/q;;+2;;;;;;;;;;;;/p-8. The zero-order valence-corrected chi connectivity index (χ0v) is 10.1. The summed E-state index contributed by atoms with van der Waals surface area (Å²) in [6.45, 7) is 0. The van der Waals surface area contributed by atoms with Crippen molar-refractivity contribution in [2.75, 3.05) is 0 Å². The van der Waals surface area contributed by atoms with E-state index in [9.17, 15) is 0 Å². The van der Waals surface area contributed by atoms with Gasteiger partial charge in [0.05, 0.1) is 0 Å². The van der Waals surface area contributed by atoms with Crippen molar-refractivity contribution < 1.29 is 90.5 Å². The Morgan fingerprint density at radius 2 is 0.267 bits per heavy atom. The van der Waals surface area contributed by atoms with E-state index in [0.717, 1.165) is 0 Å². The van der Waals surface area contributed by atoms with Crippen molar-refractivity contribution in [3.63, 3.8) is 0 Å². The first-order chi connectivity index (χ1) is 0. The van der Waals surface area contributed by atoms with Crippen LogP contribution in [0.2, 0.25) is 0 Å². The second kappa shape index (κ2) is 3810. The predicted octanol–water partition coefficient (Wildman–Crippen LogP) is -12.4. The van der Waals surface area contributed by atoms with Crippen LogP contribution >= 0.6 is 0 Å². The third-order valence-corrected chi connectivity index (χ3v) is 0. The van der Waals surface area contributed by atoms with Gasteiger partial charge in [0.25, 0.3) is 0 Å². The van der Waals surface area contributed by atoms with E-state index >= 15 is 0 Å². The molecule has 0 aromatic carbocycles. The molecule has 0 heterocycles. The topological polar surface area (TPSA) is 369 Å². The molecule has 0 aliphatic rings. The molecule has 0 aliphatic carbocycles. The van der Waals surface area contributed by atoms with Crippen LogP contribution in [0.3, 0.4) is 0 Å². The molecule has 0 bridgehead atoms. The van der Waals surface area contributed by atoms with Gasteiger partial charge in [-0.3, -0.25) is 0 Å². The molecule has 15 heteroatoms. The Morgan fingerprint density at radius 3 is 0.267 bits per heavy atom. The zero-order chi connectivity index (χ0) is 0. The van der Waals surface area contributed by atoms with Crippen molar-refractivity contribution in [2.24, 2.45) is 0 Å². The van der Waals surface area contributed by atoms with E-state index in [2.05, 4.69) is 0 Å². The molecule has 0 fully saturated rings. The van der Waals surface area contributed by atoms with Crippen molar-refractivity contribution in [1.82, 2.24) is 0 Å². The van der Waals surface area contributed by atoms with Crippen molar-refractivity contribution >= 4 is 23.1 Å². The smallest absolute Gasteiger partial charge is 1.00 e. The second-order valence-corrected chi connectivity index (χ2v) is 0. The molecule has 15 heavy (non-hydrogen) atoms. The predicted molar refractivity (Wildman–Crippen MR) is 39.1 cm³/mol. The summed E-state index contributed by atoms with van der Waals surface area (Å²) >= 11 is 0. The first kappa shape index (κ1) is 4670. The quantitative estimate of drug-likeness (QED) is 0.390. The fourth-order valence-electron chi connectivity index (χ4n) is 0. The van der Waals surface area contributed by atoms with Crippen LogP contribution in [0.25, 0.3) is 0 Å². The summed E-state index contributed by atoms with van der Waals surface area (Å²) in [5, 5.41) is 0. The Morgan fingerprint density at radius 1 is 0.267 bits per heavy atom. The van der Waals surface area contributed by atoms with Crippen molar-refractivity contribution in [1.29, 1.82) is 0 Å². The molecule has 0 unspecified atom stereocenters. The van der Waals surface area contributed by atoms with Gasteiger partial charge in [0, 0.05) is 0 Å². The SMILES string of the molecule is O.O.O.O.O.O.[Cl-].[Cl-].[Mg+2].[OH-].[OH-].[OH-].[OH-].[OH-].[OH-]. The Bertz CT molecular complexity index is 13.6. The maximum atomic E-state index is 0. The molecule has 0 rings (SSSR count). The first-order valence-electron chi connectivity index (χ1n) is 0. The summed E-state index contributed by atoms with van der Waals surface area (Å²) in [5.74, 6) is 0. The van der Waals surface area contributed by atoms with Crippen LogP contribution < -0.4 is 24.8 Å². The minimum atomic E-state index is 0. The average molecular weight is 305 g/mol. The van der Waals surface area contributed by atoms with Crippen LogP contribution in [-0.4, -0.2) is 88.8 Å². The van der Waals surface area contributed by atoms with Crippen LogP contribution in [0.4, 0.5) is 0 Å². The van der Waals surface area contributed by atoms with Gasteiger partial charge in [-0.2, -0.15) is 0 Å². The van der Waals surface area contributed by atoms with Gasteiger partial charge in [0.2, 0.25) is 0 Å². The van der Waals surface area contributed by atoms with Crippen molar-refractivity contribution in [3.8, 4) is 0 Å². The second-order valence-electron chi connectivity index (χ2n) is 0. The maximum absolute atomic E-state index is 0. The largest absolute Gasteiger partial charge is 2.00 e. The van der Waals surface area contributed by atoms with E-state index in [4.69, 9.17) is 0 Å². The van der Waals surface area contributed by atoms with E-state index < -0.39 is 0 Å². The molecule has 112 valence electrons. The fourth-order valence-corrected chi connectivity index (χ4v) is 0. The van der Waals surface area contributed by atoms with Gasteiger partial charge in [0.15, 0.2) is 0 Å². The molecule has 0 radical (unpaired) electrons. The summed E-state index contributed by atoms with van der Waals surface area (Å²) in [6, 6.07) is 0. The molecular weight excluding hydrogens is 287 g/mol. The number of halogens is 2. The van der Waals surface area contributed by atoms with Gasteiger partial charge >= 0.3 is 23.1 Å². The Kier molecular flexibility index (Phi) is 1190000. The molecule has 0 saturated heterocycles. The van der Waals surface area contributed by atoms with Gasteiger partial charge in [-0.15, -0.1) is 0 Å². The van der Waals surface area contributed by atoms with Crippen LogP contribution in [-0.2, 0) is 0 Å². The van der Waals surface area contributed by atoms with E-state index in [1.807, 2.05) is 0 Å². The monoisotopic (exact) mass is 304 g/mol. The van der Waals surface area contributed by atoms with E-state index in [-0.39, 0.29) is 114 Å². The van der Waals surface area contributed by atoms with E-state index in [1.165, 1.54) is 0 Å². The maximum Gasteiger partial charge on any atom is 2.00 e. The molecule has 18 N–H and O–H groups in total. The molecule has 0 saturated carbocycles. The molecule has 0 aliphatic heterocycles. The molecule has 0 aromatic rings. The average Bonchev–Trinajstić information content (AvgIpc) is 0. The van der Waals surface area contributed by atoms with Crippen LogP contribution in [0.5, 0.6) is 0 Å². The van der Waals surface area contributed by atoms with Gasteiger partial charge in [-0.1, -0.05) is 0 Å². The Hall–Kier alpha value is 0.866. The summed E-state index contributed by atoms with van der Waals surface area (Å²) in [7, 11) is 0. The molecule has 12 nitrogen and oxygen atoms in total. The van der Waals surface area contributed by atoms with E-state index in [0.29, 0.717) is 0 Å². The van der Waals surface area contributed by atoms with Crippen LogP contribution in [0.15, 0.2) is 0 Å². The Labute approximate surface area is 114 Å². The zero-order valence-electron chi connectivity index (χ0n) is 7.15. The summed E-state index contributed by atoms with van der Waals surface area (Å²) < 4.78 is 0. The number of hydrogen-bond acceptors (Lipinski definition) is 6. The number of hydrogen-bond donors (Lipinski definition) is 0. The number of rotatable bonds is 0. The third-order valence-electron chi connectivity index (χ3n) is 0. The van der Waals surface area contributed by atoms with Crippen LogP contribution in [0.1, 0.15) is 0 Å². The third kappa shape index (κ3) is 3280. The Balaban J connectivity index is 0. The van der Waals surface area contributed by atoms with Crippen molar-refractivity contribution in [2.45, 2.75) is 0 Å². The first-order valence-corrected chi connectivity index (χ1v) is 0. The van der Waals surface area contributed by atoms with Gasteiger partial charge in [-0.05, 0) is 0 Å². The fraction of sp³-hybridized carbons (Fsp3) is 0. The molecule has 0 amide bonds. The normalized spacial score (nSPS) is 0. The summed E-state index contributed by atoms with van der Waals surface area (Å²) in [5.41, 5.74) is 0. The molecule has 0 atom stereocenters. The van der Waals surface area contributed by atoms with Gasteiger partial charge in [0.1, 0.15) is 0 Å². The molecular formula is H18Cl2MgO12-6. The molecule has 0 aromatic heterocycles. The van der Waals surface area contributed by atoms with Crippen LogP contribution in [0, 0.1) is 0 Å². The summed E-state index contributed by atoms with van der Waals surface area (Å²) in [4.78, 5) is 0. The minimum absolute atomic E-state index is 0. The molecule has 0 spiro atoms.